The molecule has 0 aliphatic rings. The Hall–Kier alpha value is -1.35. The van der Waals surface area contributed by atoms with Crippen LogP contribution in [-0.4, -0.2) is 12.5 Å². The second-order valence-electron chi connectivity index (χ2n) is 5.45. The van der Waals surface area contributed by atoms with Crippen LogP contribution in [-0.2, 0) is 4.79 Å². The van der Waals surface area contributed by atoms with Gasteiger partial charge in [-0.2, -0.15) is 0 Å². The maximum atomic E-state index is 11.7. The van der Waals surface area contributed by atoms with Crippen molar-refractivity contribution in [3.05, 3.63) is 34.4 Å². The molecule has 0 saturated heterocycles. The summed E-state index contributed by atoms with van der Waals surface area (Å²) in [5.74, 6) is 0.170. The zero-order valence-corrected chi connectivity index (χ0v) is 12.0. The molecule has 0 spiro atoms. The quantitative estimate of drug-likeness (QED) is 0.840. The fourth-order valence-electron chi connectivity index (χ4n) is 2.34. The van der Waals surface area contributed by atoms with E-state index in [-0.39, 0.29) is 5.91 Å². The minimum atomic E-state index is -0.395. The number of primary amides is 1. The summed E-state index contributed by atoms with van der Waals surface area (Å²) in [6, 6.07) is 3.79. The number of aryl methyl sites for hydroxylation is 3. The number of carbonyl (C=O) groups excluding carboxylic acids is 1. The van der Waals surface area contributed by atoms with Crippen LogP contribution in [0.1, 0.15) is 42.1 Å². The molecule has 0 aliphatic carbocycles. The van der Waals surface area contributed by atoms with Gasteiger partial charge in [0.05, 0.1) is 0 Å². The van der Waals surface area contributed by atoms with E-state index in [0.717, 1.165) is 23.2 Å². The molecule has 1 aromatic carbocycles. The number of nitrogens with two attached hydrogens (primary N) is 1. The number of carbonyl (C=O) groups is 1. The lowest BCUT2D eigenvalue weighted by Crippen LogP contribution is -2.36. The first-order chi connectivity index (χ1) is 8.32. The maximum Gasteiger partial charge on any atom is 0.239 e. The van der Waals surface area contributed by atoms with Crippen molar-refractivity contribution in [3.8, 4) is 0 Å². The fraction of sp³-hybridized carbons (Fsp3) is 0.533. The first kappa shape index (κ1) is 14.7. The first-order valence-corrected chi connectivity index (χ1v) is 6.43. The number of nitrogens with one attached hydrogen (secondary N) is 1. The van der Waals surface area contributed by atoms with E-state index in [9.17, 15) is 4.79 Å². The molecule has 18 heavy (non-hydrogen) atoms. The van der Waals surface area contributed by atoms with Crippen LogP contribution in [0.25, 0.3) is 0 Å². The SMILES string of the molecule is Cc1cc(C)c(C(NCC(C)C)C(N)=O)c(C)c1. The molecule has 0 saturated carbocycles. The lowest BCUT2D eigenvalue weighted by molar-refractivity contribution is -0.120. The third-order valence-corrected chi connectivity index (χ3v) is 3.04. The molecule has 3 N–H and O–H groups in total. The van der Waals surface area contributed by atoms with E-state index in [1.807, 2.05) is 13.8 Å². The summed E-state index contributed by atoms with van der Waals surface area (Å²) in [6.07, 6.45) is 0. The van der Waals surface area contributed by atoms with Gasteiger partial charge in [-0.1, -0.05) is 31.5 Å². The van der Waals surface area contributed by atoms with E-state index in [2.05, 4.69) is 38.2 Å². The largest absolute Gasteiger partial charge is 0.368 e. The second-order valence-corrected chi connectivity index (χ2v) is 5.45. The van der Waals surface area contributed by atoms with Gasteiger partial charge in [-0.25, -0.2) is 0 Å². The Kier molecular flexibility index (Phi) is 4.91. The highest BCUT2D eigenvalue weighted by Gasteiger charge is 2.21. The molecule has 0 heterocycles. The molecule has 0 aliphatic heterocycles. The second kappa shape index (κ2) is 6.01. The highest BCUT2D eigenvalue weighted by molar-refractivity contribution is 5.82. The lowest BCUT2D eigenvalue weighted by atomic mass is 9.93. The van der Waals surface area contributed by atoms with Crippen LogP contribution in [0.3, 0.4) is 0 Å². The van der Waals surface area contributed by atoms with Gasteiger partial charge in [0.25, 0.3) is 0 Å². The van der Waals surface area contributed by atoms with Crippen molar-refractivity contribution in [1.29, 1.82) is 0 Å². The maximum absolute atomic E-state index is 11.7. The van der Waals surface area contributed by atoms with Gasteiger partial charge in [0.2, 0.25) is 5.91 Å². The van der Waals surface area contributed by atoms with E-state index in [0.29, 0.717) is 5.92 Å². The van der Waals surface area contributed by atoms with Crippen LogP contribution in [0.2, 0.25) is 0 Å². The van der Waals surface area contributed by atoms with Crippen LogP contribution in [0, 0.1) is 26.7 Å². The Bertz CT molecular complexity index is 415. The third kappa shape index (κ3) is 3.57. The van der Waals surface area contributed by atoms with E-state index in [1.54, 1.807) is 0 Å². The Morgan fingerprint density at radius 3 is 2.11 bits per heavy atom. The molecule has 0 aromatic heterocycles. The van der Waals surface area contributed by atoms with Gasteiger partial charge in [0.15, 0.2) is 0 Å². The molecule has 1 rings (SSSR count). The number of hydrogen-bond donors (Lipinski definition) is 2. The van der Waals surface area contributed by atoms with Crippen LogP contribution in [0.5, 0.6) is 0 Å². The molecule has 1 amide bonds. The summed E-state index contributed by atoms with van der Waals surface area (Å²) in [5, 5.41) is 3.26. The summed E-state index contributed by atoms with van der Waals surface area (Å²) in [5.41, 5.74) is 10.00. The van der Waals surface area contributed by atoms with Gasteiger partial charge in [-0.15, -0.1) is 0 Å². The Balaban J connectivity index is 3.10. The van der Waals surface area contributed by atoms with Crippen molar-refractivity contribution in [2.45, 2.75) is 40.7 Å². The normalized spacial score (nSPS) is 12.8. The third-order valence-electron chi connectivity index (χ3n) is 3.04. The van der Waals surface area contributed by atoms with Crippen molar-refractivity contribution >= 4 is 5.91 Å². The Morgan fingerprint density at radius 2 is 1.72 bits per heavy atom. The minimum Gasteiger partial charge on any atom is -0.368 e. The molecular formula is C15H24N2O. The first-order valence-electron chi connectivity index (χ1n) is 6.43. The summed E-state index contributed by atoms with van der Waals surface area (Å²) in [4.78, 5) is 11.7. The smallest absolute Gasteiger partial charge is 0.239 e. The molecular weight excluding hydrogens is 224 g/mol. The van der Waals surface area contributed by atoms with Crippen molar-refractivity contribution in [2.24, 2.45) is 11.7 Å². The average Bonchev–Trinajstić information content (AvgIpc) is 2.20. The number of hydrogen-bond acceptors (Lipinski definition) is 2. The van der Waals surface area contributed by atoms with Crippen LogP contribution in [0.15, 0.2) is 12.1 Å². The van der Waals surface area contributed by atoms with Crippen molar-refractivity contribution in [3.63, 3.8) is 0 Å². The standard InChI is InChI=1S/C15H24N2O/c1-9(2)8-17-14(15(16)18)13-11(4)6-10(3)7-12(13)5/h6-7,9,14,17H,8H2,1-5H3,(H2,16,18). The summed E-state index contributed by atoms with van der Waals surface area (Å²) in [7, 11) is 0. The van der Waals surface area contributed by atoms with E-state index in [1.165, 1.54) is 5.56 Å². The molecule has 0 fully saturated rings. The van der Waals surface area contributed by atoms with E-state index < -0.39 is 6.04 Å². The summed E-state index contributed by atoms with van der Waals surface area (Å²) >= 11 is 0. The van der Waals surface area contributed by atoms with Gasteiger partial charge < -0.3 is 11.1 Å². The van der Waals surface area contributed by atoms with Crippen LogP contribution < -0.4 is 11.1 Å². The van der Waals surface area contributed by atoms with Crippen molar-refractivity contribution in [2.75, 3.05) is 6.54 Å². The van der Waals surface area contributed by atoms with E-state index >= 15 is 0 Å². The molecule has 0 radical (unpaired) electrons. The highest BCUT2D eigenvalue weighted by Crippen LogP contribution is 2.23. The number of amides is 1. The van der Waals surface area contributed by atoms with Gasteiger partial charge in [-0.3, -0.25) is 4.79 Å². The lowest BCUT2D eigenvalue weighted by Gasteiger charge is -2.21. The van der Waals surface area contributed by atoms with Crippen molar-refractivity contribution in [1.82, 2.24) is 5.32 Å². The molecule has 3 heteroatoms. The predicted molar refractivity (Wildman–Crippen MR) is 75.4 cm³/mol. The van der Waals surface area contributed by atoms with Gasteiger partial charge in [-0.05, 0) is 49.9 Å². The summed E-state index contributed by atoms with van der Waals surface area (Å²) < 4.78 is 0. The Labute approximate surface area is 110 Å². The van der Waals surface area contributed by atoms with Crippen LogP contribution in [0.4, 0.5) is 0 Å². The number of benzene rings is 1. The van der Waals surface area contributed by atoms with Crippen LogP contribution >= 0.6 is 0 Å². The monoisotopic (exact) mass is 248 g/mol. The highest BCUT2D eigenvalue weighted by atomic mass is 16.1. The van der Waals surface area contributed by atoms with Gasteiger partial charge in [0, 0.05) is 0 Å². The Morgan fingerprint density at radius 1 is 1.22 bits per heavy atom. The molecule has 1 aromatic rings. The topological polar surface area (TPSA) is 55.1 Å². The predicted octanol–water partition coefficient (Wildman–Crippen LogP) is 2.38. The molecule has 0 bridgehead atoms. The zero-order chi connectivity index (χ0) is 13.9. The van der Waals surface area contributed by atoms with Gasteiger partial charge >= 0.3 is 0 Å². The molecule has 1 unspecified atom stereocenters. The van der Waals surface area contributed by atoms with E-state index in [4.69, 9.17) is 5.73 Å². The fourth-order valence-corrected chi connectivity index (χ4v) is 2.34. The zero-order valence-electron chi connectivity index (χ0n) is 12.0. The molecule has 100 valence electrons. The number of rotatable bonds is 5. The minimum absolute atomic E-state index is 0.314. The van der Waals surface area contributed by atoms with Crippen molar-refractivity contribution < 1.29 is 4.79 Å². The summed E-state index contributed by atoms with van der Waals surface area (Å²) in [6.45, 7) is 11.1. The molecule has 3 nitrogen and oxygen atoms in total. The van der Waals surface area contributed by atoms with Gasteiger partial charge in [0.1, 0.15) is 6.04 Å². The molecule has 1 atom stereocenters. The average molecular weight is 248 g/mol.